The van der Waals surface area contributed by atoms with E-state index in [4.69, 9.17) is 10.8 Å². The second-order valence-electron chi connectivity index (χ2n) is 5.41. The van der Waals surface area contributed by atoms with Gasteiger partial charge in [-0.25, -0.2) is 4.79 Å². The van der Waals surface area contributed by atoms with Crippen molar-refractivity contribution in [1.29, 1.82) is 0 Å². The highest BCUT2D eigenvalue weighted by Crippen LogP contribution is 2.18. The van der Waals surface area contributed by atoms with Crippen LogP contribution in [0.1, 0.15) is 31.7 Å². The molecule has 21 heavy (non-hydrogen) atoms. The summed E-state index contributed by atoms with van der Waals surface area (Å²) in [6.45, 7) is 3.74. The van der Waals surface area contributed by atoms with E-state index < -0.39 is 30.1 Å². The Balaban J connectivity index is 2.89. The number of nitrogens with one attached hydrogen (secondary N) is 1. The van der Waals surface area contributed by atoms with Crippen molar-refractivity contribution in [2.45, 2.75) is 38.5 Å². The Labute approximate surface area is 124 Å². The molecule has 3 atom stereocenters. The maximum atomic E-state index is 12.3. The van der Waals surface area contributed by atoms with Gasteiger partial charge in [0.15, 0.2) is 0 Å². The van der Waals surface area contributed by atoms with Crippen LogP contribution in [0.4, 0.5) is 0 Å². The molecule has 116 valence electrons. The molecule has 5 N–H and O–H groups in total. The number of carboxylic acid groups (broad SMARTS) is 1. The van der Waals surface area contributed by atoms with E-state index in [1.807, 2.05) is 13.8 Å². The molecular formula is C15H22N2O4. The summed E-state index contributed by atoms with van der Waals surface area (Å²) in [5.41, 5.74) is 6.01. The lowest BCUT2D eigenvalue weighted by atomic mass is 9.95. The van der Waals surface area contributed by atoms with Crippen LogP contribution >= 0.6 is 0 Å². The first-order valence-corrected chi connectivity index (χ1v) is 6.84. The summed E-state index contributed by atoms with van der Waals surface area (Å²) in [6.07, 6.45) is -1.09. The average Bonchev–Trinajstić information content (AvgIpc) is 2.38. The van der Waals surface area contributed by atoms with Gasteiger partial charge in [-0.05, 0) is 17.9 Å². The normalized spacial score (nSPS) is 15.3. The van der Waals surface area contributed by atoms with Gasteiger partial charge in [0.2, 0.25) is 5.91 Å². The number of nitrogens with two attached hydrogens (primary N) is 1. The van der Waals surface area contributed by atoms with E-state index >= 15 is 0 Å². The highest BCUT2D eigenvalue weighted by Gasteiger charge is 2.30. The van der Waals surface area contributed by atoms with Crippen LogP contribution in [-0.4, -0.2) is 34.4 Å². The first-order valence-electron chi connectivity index (χ1n) is 6.84. The zero-order valence-electron chi connectivity index (χ0n) is 12.2. The predicted molar refractivity (Wildman–Crippen MR) is 78.4 cm³/mol. The fraction of sp³-hybridized carbons (Fsp3) is 0.467. The Morgan fingerprint density at radius 1 is 1.24 bits per heavy atom. The van der Waals surface area contributed by atoms with Gasteiger partial charge in [0.1, 0.15) is 18.2 Å². The summed E-state index contributed by atoms with van der Waals surface area (Å²) in [7, 11) is 0. The molecule has 0 aliphatic rings. The maximum Gasteiger partial charge on any atom is 0.326 e. The monoisotopic (exact) mass is 294 g/mol. The number of hydrogen-bond donors (Lipinski definition) is 4. The van der Waals surface area contributed by atoms with E-state index in [1.165, 1.54) is 0 Å². The van der Waals surface area contributed by atoms with E-state index in [0.717, 1.165) is 0 Å². The number of aliphatic hydroxyl groups excluding tert-OH is 1. The van der Waals surface area contributed by atoms with Crippen LogP contribution in [0.15, 0.2) is 30.3 Å². The average molecular weight is 294 g/mol. The zero-order valence-corrected chi connectivity index (χ0v) is 12.2. The summed E-state index contributed by atoms with van der Waals surface area (Å²) in [6, 6.07) is 7.56. The highest BCUT2D eigenvalue weighted by atomic mass is 16.4. The summed E-state index contributed by atoms with van der Waals surface area (Å²) in [4.78, 5) is 23.5. The number of carbonyl (C=O) groups excluding carboxylic acids is 1. The van der Waals surface area contributed by atoms with E-state index in [2.05, 4.69) is 5.32 Å². The molecule has 6 nitrogen and oxygen atoms in total. The van der Waals surface area contributed by atoms with Crippen LogP contribution in [0.25, 0.3) is 0 Å². The molecule has 0 radical (unpaired) electrons. The number of amides is 1. The van der Waals surface area contributed by atoms with Gasteiger partial charge in [0, 0.05) is 0 Å². The minimum Gasteiger partial charge on any atom is -0.480 e. The molecule has 1 aromatic rings. The first kappa shape index (κ1) is 17.1. The smallest absolute Gasteiger partial charge is 0.326 e. The number of hydrogen-bond acceptors (Lipinski definition) is 4. The number of carboxylic acids is 1. The Morgan fingerprint density at radius 3 is 2.24 bits per heavy atom. The number of aliphatic carboxylic acids is 1. The standard InChI is InChI=1S/C15H22N2O4/c1-9(2)8-11(15(20)21)17-14(19)12(13(16)18)10-6-4-3-5-7-10/h3-7,9,11-13,18H,8,16H2,1-2H3,(H,17,19)(H,20,21)/t11-,12+,13+/m0/s1. The lowest BCUT2D eigenvalue weighted by Crippen LogP contribution is -2.47. The van der Waals surface area contributed by atoms with Crippen LogP contribution in [0, 0.1) is 5.92 Å². The molecule has 0 saturated heterocycles. The predicted octanol–water partition coefficient (Wildman–Crippen LogP) is 0.663. The van der Waals surface area contributed by atoms with Crippen LogP contribution in [0.5, 0.6) is 0 Å². The molecule has 1 rings (SSSR count). The zero-order chi connectivity index (χ0) is 16.0. The van der Waals surface area contributed by atoms with Crippen molar-refractivity contribution in [1.82, 2.24) is 5.32 Å². The summed E-state index contributed by atoms with van der Waals surface area (Å²) in [5.74, 6) is -2.58. The van der Waals surface area contributed by atoms with Crippen molar-refractivity contribution in [2.75, 3.05) is 0 Å². The molecule has 1 amide bonds. The van der Waals surface area contributed by atoms with Gasteiger partial charge in [-0.2, -0.15) is 0 Å². The molecule has 0 aliphatic heterocycles. The number of carbonyl (C=O) groups is 2. The van der Waals surface area contributed by atoms with Gasteiger partial charge >= 0.3 is 5.97 Å². The van der Waals surface area contributed by atoms with Gasteiger partial charge in [0.25, 0.3) is 0 Å². The van der Waals surface area contributed by atoms with E-state index in [1.54, 1.807) is 30.3 Å². The summed E-state index contributed by atoms with van der Waals surface area (Å²) in [5, 5.41) is 21.2. The molecule has 0 aromatic heterocycles. The molecule has 0 saturated carbocycles. The molecule has 1 aromatic carbocycles. The van der Waals surface area contributed by atoms with Crippen molar-refractivity contribution >= 4 is 11.9 Å². The number of rotatable bonds is 7. The van der Waals surface area contributed by atoms with Crippen molar-refractivity contribution in [3.05, 3.63) is 35.9 Å². The van der Waals surface area contributed by atoms with Crippen LogP contribution < -0.4 is 11.1 Å². The first-order chi connectivity index (χ1) is 9.82. The lowest BCUT2D eigenvalue weighted by molar-refractivity contribution is -0.143. The van der Waals surface area contributed by atoms with Gasteiger partial charge in [-0.1, -0.05) is 44.2 Å². The third-order valence-electron chi connectivity index (χ3n) is 3.10. The van der Waals surface area contributed by atoms with Crippen molar-refractivity contribution in [3.63, 3.8) is 0 Å². The van der Waals surface area contributed by atoms with E-state index in [0.29, 0.717) is 12.0 Å². The Hall–Kier alpha value is -1.92. The molecule has 6 heteroatoms. The van der Waals surface area contributed by atoms with E-state index in [9.17, 15) is 14.7 Å². The molecule has 0 spiro atoms. The minimum absolute atomic E-state index is 0.115. The molecule has 0 fully saturated rings. The fourth-order valence-electron chi connectivity index (χ4n) is 2.12. The topological polar surface area (TPSA) is 113 Å². The maximum absolute atomic E-state index is 12.3. The number of aliphatic hydroxyl groups is 1. The largest absolute Gasteiger partial charge is 0.480 e. The second-order valence-corrected chi connectivity index (χ2v) is 5.41. The Kier molecular flexibility index (Phi) is 6.33. The fourth-order valence-corrected chi connectivity index (χ4v) is 2.12. The lowest BCUT2D eigenvalue weighted by Gasteiger charge is -2.23. The summed E-state index contributed by atoms with van der Waals surface area (Å²) >= 11 is 0. The quantitative estimate of drug-likeness (QED) is 0.552. The van der Waals surface area contributed by atoms with Gasteiger partial charge < -0.3 is 21.3 Å². The Morgan fingerprint density at radius 2 is 1.81 bits per heavy atom. The molecule has 0 heterocycles. The van der Waals surface area contributed by atoms with Crippen molar-refractivity contribution in [2.24, 2.45) is 11.7 Å². The highest BCUT2D eigenvalue weighted by molar-refractivity contribution is 5.88. The van der Waals surface area contributed by atoms with Gasteiger partial charge in [-0.3, -0.25) is 4.79 Å². The number of benzene rings is 1. The minimum atomic E-state index is -1.40. The second kappa shape index (κ2) is 7.75. The molecule has 0 bridgehead atoms. The van der Waals surface area contributed by atoms with Crippen LogP contribution in [-0.2, 0) is 9.59 Å². The van der Waals surface area contributed by atoms with Crippen molar-refractivity contribution < 1.29 is 19.8 Å². The molecular weight excluding hydrogens is 272 g/mol. The van der Waals surface area contributed by atoms with E-state index in [-0.39, 0.29) is 5.92 Å². The Bertz CT molecular complexity index is 474. The van der Waals surface area contributed by atoms with Crippen molar-refractivity contribution in [3.8, 4) is 0 Å². The summed E-state index contributed by atoms with van der Waals surface area (Å²) < 4.78 is 0. The third-order valence-corrected chi connectivity index (χ3v) is 3.10. The molecule has 0 unspecified atom stereocenters. The SMILES string of the molecule is CC(C)C[C@H](NC(=O)[C@H](c1ccccc1)[C@H](N)O)C(=O)O. The van der Waals surface area contributed by atoms with Crippen LogP contribution in [0.2, 0.25) is 0 Å². The van der Waals surface area contributed by atoms with Crippen LogP contribution in [0.3, 0.4) is 0 Å². The third kappa shape index (κ3) is 5.17. The van der Waals surface area contributed by atoms with Gasteiger partial charge in [0.05, 0.1) is 0 Å². The molecule has 0 aliphatic carbocycles. The van der Waals surface area contributed by atoms with Gasteiger partial charge in [-0.15, -0.1) is 0 Å².